The molecule has 5 aliphatic rings. The molecule has 6 atom stereocenters. The zero-order chi connectivity index (χ0) is 22.4. The number of amides is 2. The van der Waals surface area contributed by atoms with Gasteiger partial charge in [-0.25, -0.2) is 0 Å². The SMILES string of the molecule is CC1C2CCCCC2N2C(C(=O)NC[C@H]3CCCN3C(C)C)=CN([C@H]3CCOC3)C(=O)C12. The molecular formula is C25H40N4O3. The number of nitrogens with zero attached hydrogens (tertiary/aromatic N) is 3. The summed E-state index contributed by atoms with van der Waals surface area (Å²) in [4.78, 5) is 33.8. The molecule has 32 heavy (non-hydrogen) atoms. The van der Waals surface area contributed by atoms with Gasteiger partial charge in [0.15, 0.2) is 0 Å². The van der Waals surface area contributed by atoms with Crippen molar-refractivity contribution in [2.24, 2.45) is 11.8 Å². The highest BCUT2D eigenvalue weighted by Crippen LogP contribution is 2.47. The molecule has 0 aromatic heterocycles. The third-order valence-electron chi connectivity index (χ3n) is 8.77. The Labute approximate surface area is 192 Å². The van der Waals surface area contributed by atoms with E-state index in [-0.39, 0.29) is 29.8 Å². The molecule has 7 heteroatoms. The lowest BCUT2D eigenvalue weighted by atomic mass is 9.79. The fourth-order valence-corrected chi connectivity index (χ4v) is 7.14. The van der Waals surface area contributed by atoms with Gasteiger partial charge < -0.3 is 19.9 Å². The van der Waals surface area contributed by atoms with E-state index in [1.54, 1.807) is 0 Å². The van der Waals surface area contributed by atoms with E-state index >= 15 is 0 Å². The van der Waals surface area contributed by atoms with E-state index in [0.717, 1.165) is 25.8 Å². The standard InChI is InChI=1S/C25H40N4O3/c1-16(2)27-11-6-7-18(27)13-26-24(30)22-14-28(19-10-12-32-15-19)25(31)23-17(3)20-8-4-5-9-21(20)29(22)23/h14,16-21,23H,4-13,15H2,1-3H3,(H,26,30)/t17?,18-,19+,20?,21?,23?/m1/s1. The molecule has 1 N–H and O–H groups in total. The first-order valence-electron chi connectivity index (χ1n) is 12.9. The highest BCUT2D eigenvalue weighted by Gasteiger charge is 2.55. The summed E-state index contributed by atoms with van der Waals surface area (Å²) in [6.45, 7) is 9.74. The van der Waals surface area contributed by atoms with Crippen LogP contribution in [0.5, 0.6) is 0 Å². The van der Waals surface area contributed by atoms with Crippen LogP contribution in [0.2, 0.25) is 0 Å². The van der Waals surface area contributed by atoms with Crippen molar-refractivity contribution in [1.29, 1.82) is 0 Å². The van der Waals surface area contributed by atoms with E-state index in [4.69, 9.17) is 4.74 Å². The third-order valence-corrected chi connectivity index (χ3v) is 8.77. The molecule has 1 aliphatic carbocycles. The van der Waals surface area contributed by atoms with Gasteiger partial charge in [-0.2, -0.15) is 0 Å². The fraction of sp³-hybridized carbons (Fsp3) is 0.840. The maximum absolute atomic E-state index is 13.6. The van der Waals surface area contributed by atoms with Gasteiger partial charge in [-0.3, -0.25) is 14.5 Å². The molecule has 178 valence electrons. The highest BCUT2D eigenvalue weighted by atomic mass is 16.5. The Balaban J connectivity index is 1.40. The van der Waals surface area contributed by atoms with E-state index in [2.05, 4.69) is 35.9 Å². The lowest BCUT2D eigenvalue weighted by Gasteiger charge is -2.42. The van der Waals surface area contributed by atoms with Crippen molar-refractivity contribution in [1.82, 2.24) is 20.0 Å². The monoisotopic (exact) mass is 444 g/mol. The molecule has 0 radical (unpaired) electrons. The molecule has 4 aliphatic heterocycles. The molecular weight excluding hydrogens is 404 g/mol. The average Bonchev–Trinajstić information content (AvgIpc) is 3.53. The Hall–Kier alpha value is -1.60. The van der Waals surface area contributed by atoms with Gasteiger partial charge in [-0.1, -0.05) is 19.8 Å². The molecule has 3 saturated heterocycles. The predicted molar refractivity (Wildman–Crippen MR) is 123 cm³/mol. The van der Waals surface area contributed by atoms with Crippen molar-refractivity contribution in [3.63, 3.8) is 0 Å². The van der Waals surface area contributed by atoms with Crippen molar-refractivity contribution in [2.45, 2.75) is 95.9 Å². The molecule has 0 spiro atoms. The molecule has 0 bridgehead atoms. The number of carbonyl (C=O) groups is 2. The summed E-state index contributed by atoms with van der Waals surface area (Å²) in [5.74, 6) is 0.932. The summed E-state index contributed by atoms with van der Waals surface area (Å²) < 4.78 is 5.59. The Kier molecular flexibility index (Phi) is 6.23. The van der Waals surface area contributed by atoms with Gasteiger partial charge in [0.2, 0.25) is 5.91 Å². The first kappa shape index (κ1) is 22.2. The van der Waals surface area contributed by atoms with Crippen LogP contribution in [0.15, 0.2) is 11.9 Å². The molecule has 1 saturated carbocycles. The van der Waals surface area contributed by atoms with Gasteiger partial charge in [-0.05, 0) is 64.3 Å². The van der Waals surface area contributed by atoms with Crippen LogP contribution < -0.4 is 5.32 Å². The van der Waals surface area contributed by atoms with E-state index in [1.807, 2.05) is 11.1 Å². The van der Waals surface area contributed by atoms with Crippen LogP contribution in [0.4, 0.5) is 0 Å². The van der Waals surface area contributed by atoms with Gasteiger partial charge in [0.25, 0.3) is 5.91 Å². The third kappa shape index (κ3) is 3.75. The van der Waals surface area contributed by atoms with Gasteiger partial charge >= 0.3 is 0 Å². The largest absolute Gasteiger partial charge is 0.379 e. The van der Waals surface area contributed by atoms with Crippen molar-refractivity contribution < 1.29 is 14.3 Å². The summed E-state index contributed by atoms with van der Waals surface area (Å²) in [7, 11) is 0. The molecule has 4 heterocycles. The quantitative estimate of drug-likeness (QED) is 0.705. The Morgan fingerprint density at radius 2 is 2.00 bits per heavy atom. The van der Waals surface area contributed by atoms with E-state index in [0.29, 0.717) is 49.5 Å². The molecule has 7 nitrogen and oxygen atoms in total. The van der Waals surface area contributed by atoms with Gasteiger partial charge in [-0.15, -0.1) is 0 Å². The lowest BCUT2D eigenvalue weighted by molar-refractivity contribution is -0.139. The Bertz CT molecular complexity index is 762. The Morgan fingerprint density at radius 3 is 2.75 bits per heavy atom. The van der Waals surface area contributed by atoms with E-state index in [1.165, 1.54) is 25.7 Å². The zero-order valence-corrected chi connectivity index (χ0v) is 20.0. The van der Waals surface area contributed by atoms with E-state index < -0.39 is 0 Å². The summed E-state index contributed by atoms with van der Waals surface area (Å²) >= 11 is 0. The number of nitrogens with one attached hydrogen (secondary N) is 1. The van der Waals surface area contributed by atoms with Crippen molar-refractivity contribution in [3.05, 3.63) is 11.9 Å². The maximum atomic E-state index is 13.6. The number of carbonyl (C=O) groups excluding carboxylic acids is 2. The smallest absolute Gasteiger partial charge is 0.269 e. The summed E-state index contributed by atoms with van der Waals surface area (Å²) in [5.41, 5.74) is 0.705. The number of ether oxygens (including phenoxy) is 1. The normalized spacial score (nSPS) is 37.6. The molecule has 0 aromatic carbocycles. The first-order valence-corrected chi connectivity index (χ1v) is 12.9. The van der Waals surface area contributed by atoms with Crippen LogP contribution in [0, 0.1) is 11.8 Å². The molecule has 0 aromatic rings. The van der Waals surface area contributed by atoms with Crippen LogP contribution in [0.1, 0.15) is 65.7 Å². The van der Waals surface area contributed by atoms with Gasteiger partial charge in [0, 0.05) is 37.5 Å². The zero-order valence-electron chi connectivity index (χ0n) is 20.0. The van der Waals surface area contributed by atoms with Crippen LogP contribution in [-0.4, -0.2) is 83.0 Å². The average molecular weight is 445 g/mol. The fourth-order valence-electron chi connectivity index (χ4n) is 7.14. The number of hydrogen-bond acceptors (Lipinski definition) is 5. The first-order chi connectivity index (χ1) is 15.5. The van der Waals surface area contributed by atoms with Crippen LogP contribution in [-0.2, 0) is 14.3 Å². The minimum absolute atomic E-state index is 0.0135. The lowest BCUT2D eigenvalue weighted by Crippen LogP contribution is -2.57. The van der Waals surface area contributed by atoms with Gasteiger partial charge in [0.1, 0.15) is 11.7 Å². The number of likely N-dealkylation sites (tertiary alicyclic amines) is 1. The number of fused-ring (bicyclic) bond motifs is 3. The van der Waals surface area contributed by atoms with Crippen LogP contribution >= 0.6 is 0 Å². The second-order valence-corrected chi connectivity index (χ2v) is 10.8. The predicted octanol–water partition coefficient (Wildman–Crippen LogP) is 2.33. The minimum Gasteiger partial charge on any atom is -0.379 e. The molecule has 2 amide bonds. The summed E-state index contributed by atoms with van der Waals surface area (Å²) in [5, 5.41) is 3.27. The van der Waals surface area contributed by atoms with Crippen molar-refractivity contribution >= 4 is 11.8 Å². The number of rotatable bonds is 5. The number of hydrogen-bond donors (Lipinski definition) is 1. The van der Waals surface area contributed by atoms with Crippen molar-refractivity contribution in [3.8, 4) is 0 Å². The highest BCUT2D eigenvalue weighted by molar-refractivity contribution is 5.97. The molecule has 5 rings (SSSR count). The van der Waals surface area contributed by atoms with Crippen molar-refractivity contribution in [2.75, 3.05) is 26.3 Å². The van der Waals surface area contributed by atoms with E-state index in [9.17, 15) is 9.59 Å². The topological polar surface area (TPSA) is 65.1 Å². The maximum Gasteiger partial charge on any atom is 0.269 e. The second-order valence-electron chi connectivity index (χ2n) is 10.8. The van der Waals surface area contributed by atoms with Gasteiger partial charge in [0.05, 0.1) is 12.6 Å². The summed E-state index contributed by atoms with van der Waals surface area (Å²) in [6, 6.07) is 1.04. The summed E-state index contributed by atoms with van der Waals surface area (Å²) in [6.07, 6.45) is 9.71. The molecule has 4 unspecified atom stereocenters. The van der Waals surface area contributed by atoms with Crippen LogP contribution in [0.25, 0.3) is 0 Å². The molecule has 4 fully saturated rings. The second kappa shape index (κ2) is 8.98. The minimum atomic E-state index is -0.215. The Morgan fingerprint density at radius 1 is 1.19 bits per heavy atom. The van der Waals surface area contributed by atoms with Crippen LogP contribution in [0.3, 0.4) is 0 Å².